The van der Waals surface area contributed by atoms with Crippen molar-refractivity contribution in [2.45, 2.75) is 59.0 Å². The summed E-state index contributed by atoms with van der Waals surface area (Å²) in [5, 5.41) is 0. The number of amides is 1. The van der Waals surface area contributed by atoms with Gasteiger partial charge in [0.05, 0.1) is 0 Å². The Bertz CT molecular complexity index is 588. The van der Waals surface area contributed by atoms with Gasteiger partial charge in [-0.2, -0.15) is 17.0 Å². The zero-order valence-corrected chi connectivity index (χ0v) is 17.7. The molecule has 26 heavy (non-hydrogen) atoms. The third kappa shape index (κ3) is 5.82. The van der Waals surface area contributed by atoms with Crippen LogP contribution in [0.1, 0.15) is 53.4 Å². The van der Waals surface area contributed by atoms with E-state index in [1.807, 2.05) is 20.8 Å². The molecule has 2 rings (SSSR count). The fourth-order valence-corrected chi connectivity index (χ4v) is 5.59. The van der Waals surface area contributed by atoms with E-state index in [0.29, 0.717) is 38.6 Å². The molecule has 8 heteroatoms. The second-order valence-electron chi connectivity index (χ2n) is 8.84. The monoisotopic (exact) mass is 389 g/mol. The summed E-state index contributed by atoms with van der Waals surface area (Å²) in [7, 11) is -1.69. The first-order valence-electron chi connectivity index (χ1n) is 9.68. The zero-order valence-electron chi connectivity index (χ0n) is 16.9. The summed E-state index contributed by atoms with van der Waals surface area (Å²) in [6.45, 7) is 10.4. The van der Waals surface area contributed by atoms with Gasteiger partial charge in [0.1, 0.15) is 5.60 Å². The van der Waals surface area contributed by atoms with Crippen LogP contribution in [0.4, 0.5) is 4.79 Å². The molecule has 2 saturated heterocycles. The van der Waals surface area contributed by atoms with E-state index in [1.165, 1.54) is 0 Å². The van der Waals surface area contributed by atoms with E-state index in [1.54, 1.807) is 20.6 Å². The highest BCUT2D eigenvalue weighted by molar-refractivity contribution is 7.86. The van der Waals surface area contributed by atoms with Crippen molar-refractivity contribution in [3.8, 4) is 0 Å². The molecule has 0 radical (unpaired) electrons. The van der Waals surface area contributed by atoms with Gasteiger partial charge in [0.15, 0.2) is 0 Å². The molecule has 2 aliphatic heterocycles. The first-order valence-corrected chi connectivity index (χ1v) is 11.1. The van der Waals surface area contributed by atoms with Crippen LogP contribution in [0.3, 0.4) is 0 Å². The Labute approximate surface area is 158 Å². The standard InChI is InChI=1S/C18H35N3O4S/c1-15-8-6-10-20(12-15)26(23,24)21-11-7-9-16(14-21)13-19(5)17(22)25-18(2,3)4/h15-16H,6-14H2,1-5H3/t15-,16-/m1/s1. The van der Waals surface area contributed by atoms with Crippen LogP contribution in [0.15, 0.2) is 0 Å². The van der Waals surface area contributed by atoms with E-state index in [0.717, 1.165) is 25.7 Å². The maximum atomic E-state index is 13.0. The number of nitrogens with zero attached hydrogens (tertiary/aromatic N) is 3. The van der Waals surface area contributed by atoms with Crippen molar-refractivity contribution in [2.24, 2.45) is 11.8 Å². The van der Waals surface area contributed by atoms with Crippen LogP contribution in [0.5, 0.6) is 0 Å². The Balaban J connectivity index is 1.94. The van der Waals surface area contributed by atoms with Crippen molar-refractivity contribution < 1.29 is 17.9 Å². The summed E-state index contributed by atoms with van der Waals surface area (Å²) < 4.78 is 34.6. The van der Waals surface area contributed by atoms with Gasteiger partial charge in [-0.05, 0) is 58.3 Å². The van der Waals surface area contributed by atoms with Gasteiger partial charge in [-0.15, -0.1) is 0 Å². The van der Waals surface area contributed by atoms with Crippen molar-refractivity contribution in [1.82, 2.24) is 13.5 Å². The van der Waals surface area contributed by atoms with Gasteiger partial charge in [0.2, 0.25) is 0 Å². The lowest BCUT2D eigenvalue weighted by Gasteiger charge is -2.38. The maximum Gasteiger partial charge on any atom is 0.410 e. The van der Waals surface area contributed by atoms with E-state index in [4.69, 9.17) is 4.74 Å². The third-order valence-corrected chi connectivity index (χ3v) is 6.96. The lowest BCUT2D eigenvalue weighted by molar-refractivity contribution is 0.0257. The fourth-order valence-electron chi connectivity index (χ4n) is 3.71. The van der Waals surface area contributed by atoms with Crippen LogP contribution in [-0.4, -0.2) is 73.4 Å². The Morgan fingerprint density at radius 3 is 2.27 bits per heavy atom. The maximum absolute atomic E-state index is 13.0. The number of carbonyl (C=O) groups excluding carboxylic acids is 1. The molecule has 2 aliphatic rings. The van der Waals surface area contributed by atoms with Crippen molar-refractivity contribution in [1.29, 1.82) is 0 Å². The van der Waals surface area contributed by atoms with Gasteiger partial charge < -0.3 is 9.64 Å². The first kappa shape index (κ1) is 21.4. The second kappa shape index (κ2) is 8.44. The van der Waals surface area contributed by atoms with Crippen LogP contribution in [-0.2, 0) is 14.9 Å². The Kier molecular flexibility index (Phi) is 6.96. The second-order valence-corrected chi connectivity index (χ2v) is 10.8. The summed E-state index contributed by atoms with van der Waals surface area (Å²) >= 11 is 0. The fraction of sp³-hybridized carbons (Fsp3) is 0.944. The summed E-state index contributed by atoms with van der Waals surface area (Å²) in [4.78, 5) is 13.7. The molecule has 2 fully saturated rings. The Morgan fingerprint density at radius 2 is 1.69 bits per heavy atom. The average molecular weight is 390 g/mol. The van der Waals surface area contributed by atoms with E-state index >= 15 is 0 Å². The third-order valence-electron chi connectivity index (χ3n) is 4.99. The lowest BCUT2D eigenvalue weighted by Crippen LogP contribution is -2.51. The van der Waals surface area contributed by atoms with E-state index in [2.05, 4.69) is 6.92 Å². The van der Waals surface area contributed by atoms with E-state index < -0.39 is 15.8 Å². The summed E-state index contributed by atoms with van der Waals surface area (Å²) in [6, 6.07) is 0. The molecule has 0 aromatic carbocycles. The van der Waals surface area contributed by atoms with Gasteiger partial charge in [0, 0.05) is 39.8 Å². The minimum atomic E-state index is -3.40. The first-order chi connectivity index (χ1) is 12.0. The highest BCUT2D eigenvalue weighted by atomic mass is 32.2. The number of ether oxygens (including phenoxy) is 1. The molecule has 0 aromatic heterocycles. The molecule has 0 aromatic rings. The zero-order chi connectivity index (χ0) is 19.5. The minimum absolute atomic E-state index is 0.137. The van der Waals surface area contributed by atoms with E-state index in [9.17, 15) is 13.2 Å². The average Bonchev–Trinajstić information content (AvgIpc) is 2.53. The number of rotatable bonds is 4. The quantitative estimate of drug-likeness (QED) is 0.741. The van der Waals surface area contributed by atoms with Crippen molar-refractivity contribution in [3.63, 3.8) is 0 Å². The van der Waals surface area contributed by atoms with Crippen LogP contribution < -0.4 is 0 Å². The van der Waals surface area contributed by atoms with Crippen LogP contribution in [0, 0.1) is 11.8 Å². The molecule has 2 atom stereocenters. The topological polar surface area (TPSA) is 70.2 Å². The highest BCUT2D eigenvalue weighted by Gasteiger charge is 2.36. The van der Waals surface area contributed by atoms with Crippen molar-refractivity contribution in [2.75, 3.05) is 39.8 Å². The minimum Gasteiger partial charge on any atom is -0.444 e. The van der Waals surface area contributed by atoms with Crippen LogP contribution >= 0.6 is 0 Å². The SMILES string of the molecule is C[C@@H]1CCCN(S(=O)(=O)N2CCC[C@H](CN(C)C(=O)OC(C)(C)C)C2)C1. The van der Waals surface area contributed by atoms with Crippen LogP contribution in [0.2, 0.25) is 0 Å². The van der Waals surface area contributed by atoms with Gasteiger partial charge >= 0.3 is 6.09 Å². The summed E-state index contributed by atoms with van der Waals surface area (Å²) in [5.74, 6) is 0.552. The predicted octanol–water partition coefficient (Wildman–Crippen LogP) is 2.54. The molecule has 0 spiro atoms. The molecular formula is C18H35N3O4S. The van der Waals surface area contributed by atoms with Gasteiger partial charge in [0.25, 0.3) is 10.2 Å². The number of hydrogen-bond donors (Lipinski definition) is 0. The molecule has 7 nitrogen and oxygen atoms in total. The Hall–Kier alpha value is -0.860. The summed E-state index contributed by atoms with van der Waals surface area (Å²) in [6.07, 6.45) is 3.42. The smallest absolute Gasteiger partial charge is 0.410 e. The van der Waals surface area contributed by atoms with Crippen molar-refractivity contribution in [3.05, 3.63) is 0 Å². The normalized spacial score (nSPS) is 26.5. The van der Waals surface area contributed by atoms with Gasteiger partial charge in [-0.25, -0.2) is 4.79 Å². The summed E-state index contributed by atoms with van der Waals surface area (Å²) in [5.41, 5.74) is -0.530. The molecule has 0 aliphatic carbocycles. The molecule has 0 N–H and O–H groups in total. The molecule has 1 amide bonds. The molecular weight excluding hydrogens is 354 g/mol. The Morgan fingerprint density at radius 1 is 1.12 bits per heavy atom. The van der Waals surface area contributed by atoms with Crippen LogP contribution in [0.25, 0.3) is 0 Å². The highest BCUT2D eigenvalue weighted by Crippen LogP contribution is 2.25. The van der Waals surface area contributed by atoms with Gasteiger partial charge in [-0.1, -0.05) is 6.92 Å². The number of carbonyl (C=O) groups is 1. The number of piperidine rings is 2. The van der Waals surface area contributed by atoms with Crippen molar-refractivity contribution >= 4 is 16.3 Å². The van der Waals surface area contributed by atoms with E-state index in [-0.39, 0.29) is 12.0 Å². The van der Waals surface area contributed by atoms with Gasteiger partial charge in [-0.3, -0.25) is 0 Å². The lowest BCUT2D eigenvalue weighted by atomic mass is 9.99. The molecule has 0 bridgehead atoms. The number of hydrogen-bond acceptors (Lipinski definition) is 4. The molecule has 0 saturated carbocycles. The largest absolute Gasteiger partial charge is 0.444 e. The molecule has 152 valence electrons. The molecule has 0 unspecified atom stereocenters. The molecule has 2 heterocycles. The predicted molar refractivity (Wildman–Crippen MR) is 102 cm³/mol.